The molecule has 0 bridgehead atoms. The van der Waals surface area contributed by atoms with Crippen LogP contribution < -0.4 is 11.5 Å². The molecule has 4 rings (SSSR count). The van der Waals surface area contributed by atoms with E-state index < -0.39 is 189 Å². The summed E-state index contributed by atoms with van der Waals surface area (Å²) in [6, 6.07) is -4.18. The number of hydrogen-bond acceptors (Lipinski definition) is 31. The van der Waals surface area contributed by atoms with Crippen molar-refractivity contribution in [2.45, 2.75) is 123 Å². The fourth-order valence-corrected chi connectivity index (χ4v) is 8.16. The van der Waals surface area contributed by atoms with Crippen molar-refractivity contribution in [2.24, 2.45) is 11.5 Å². The van der Waals surface area contributed by atoms with Crippen LogP contribution >= 0.6 is 0 Å². The molecule has 0 aromatic carbocycles. The molecule has 0 aromatic rings. The van der Waals surface area contributed by atoms with Crippen molar-refractivity contribution >= 4 is 53.5 Å². The molecule has 65 heavy (non-hydrogen) atoms. The van der Waals surface area contributed by atoms with Crippen LogP contribution in [0.3, 0.4) is 0 Å². The molecule has 4 heterocycles. The SMILES string of the molecule is COC(=O)[C@H]1O[C@@H](O[C@H]2[C@H](OS(=O)(=O)O)[C@@H](N)[C@@H](O[C@H]3[C@H](O)[C@@H](OS(=O)(=O)O)[C@H](O[C@H]4[C@H](O)[C@@H](N)[C@@H](O)O[C@@H]4COS(=O)(=O)O)O[C@H]3C(=O)OC)O[C@@H]2COS(=O)(=O)O)[C@H](O)[C@@H](O)[C@@H]1O. The first-order valence-corrected chi connectivity index (χ1v) is 23.1. The minimum absolute atomic E-state index is 0.694. The molecule has 4 fully saturated rings. The standard InChI is InChI=1S/C26H44N2O33S4/c1-49-22(35)18-11(31)10(30)12(32)25(58-18)56-15-6(4-52-63(40,41)42)54-24(8(28)16(15)60-64(43,44)45)57-17-13(33)19(61-65(46,47)48)26(59-20(17)23(36)50-2)55-14-5(3-51-62(37,38)39)53-21(34)7(27)9(14)29/h5-21,24-26,29-34H,3-4,27-28H2,1-2H3,(H,37,38,39)(H,40,41,42)(H,43,44,45)(H,46,47,48)/t5-,6-,7-,8-,9-,10+,11+,12-,13+,14-,15-,16-,17+,18+,19-,20-,21+,24-,25-,26-/m1/s1. The van der Waals surface area contributed by atoms with E-state index in [2.05, 4.69) is 26.2 Å². The highest BCUT2D eigenvalue weighted by Gasteiger charge is 2.59. The molecule has 35 nitrogen and oxygen atoms in total. The Kier molecular flexibility index (Phi) is 18.4. The van der Waals surface area contributed by atoms with Gasteiger partial charge in [-0.25, -0.2) is 26.3 Å². The topological polar surface area (TPSA) is 545 Å². The Labute approximate surface area is 365 Å². The molecule has 0 radical (unpaired) electrons. The Bertz CT molecular complexity index is 2100. The number of rotatable bonds is 18. The van der Waals surface area contributed by atoms with E-state index in [9.17, 15) is 87.6 Å². The fraction of sp³-hybridized carbons (Fsp3) is 0.923. The second-order valence-corrected chi connectivity index (χ2v) is 18.1. The van der Waals surface area contributed by atoms with E-state index in [0.717, 1.165) is 7.11 Å². The summed E-state index contributed by atoms with van der Waals surface area (Å²) in [6.07, 6.45) is -42.9. The minimum Gasteiger partial charge on any atom is -0.467 e. The first-order valence-electron chi connectivity index (χ1n) is 17.7. The number of methoxy groups -OCH3 is 2. The van der Waals surface area contributed by atoms with E-state index in [-0.39, 0.29) is 0 Å². The zero-order chi connectivity index (χ0) is 49.3. The van der Waals surface area contributed by atoms with Gasteiger partial charge in [-0.15, -0.1) is 0 Å². The van der Waals surface area contributed by atoms with Crippen molar-refractivity contribution in [3.05, 3.63) is 0 Å². The molecule has 4 saturated heterocycles. The van der Waals surface area contributed by atoms with Gasteiger partial charge in [0, 0.05) is 0 Å². The number of aliphatic hydroxyl groups excluding tert-OH is 6. The zero-order valence-electron chi connectivity index (χ0n) is 32.6. The van der Waals surface area contributed by atoms with Crippen LogP contribution in [0.1, 0.15) is 0 Å². The number of esters is 2. The monoisotopic (exact) mass is 1040 g/mol. The smallest absolute Gasteiger partial charge is 0.397 e. The lowest BCUT2D eigenvalue weighted by Gasteiger charge is -2.49. The van der Waals surface area contributed by atoms with E-state index in [0.29, 0.717) is 7.11 Å². The lowest BCUT2D eigenvalue weighted by atomic mass is 9.94. The Morgan fingerprint density at radius 1 is 0.477 bits per heavy atom. The third-order valence-electron chi connectivity index (χ3n) is 9.49. The van der Waals surface area contributed by atoms with Crippen LogP contribution in [0.15, 0.2) is 0 Å². The minimum atomic E-state index is -5.79. The Hall–Kier alpha value is -2.18. The first kappa shape index (κ1) is 55.4. The second-order valence-electron chi connectivity index (χ2n) is 13.8. The van der Waals surface area contributed by atoms with Gasteiger partial charge in [0.15, 0.2) is 43.5 Å². The van der Waals surface area contributed by atoms with Gasteiger partial charge in [-0.3, -0.25) is 18.2 Å². The summed E-state index contributed by atoms with van der Waals surface area (Å²) in [6.45, 7) is -2.83. The summed E-state index contributed by atoms with van der Waals surface area (Å²) >= 11 is 0. The number of ether oxygens (including phenoxy) is 9. The van der Waals surface area contributed by atoms with Crippen LogP contribution in [0.2, 0.25) is 0 Å². The molecule has 4 aliphatic heterocycles. The molecule has 380 valence electrons. The van der Waals surface area contributed by atoms with E-state index in [1.165, 1.54) is 0 Å². The molecule has 0 saturated carbocycles. The molecule has 4 aliphatic rings. The number of carbonyl (C=O) groups is 2. The summed E-state index contributed by atoms with van der Waals surface area (Å²) in [4.78, 5) is 25.5. The third-order valence-corrected chi connectivity index (χ3v) is 11.3. The van der Waals surface area contributed by atoms with E-state index in [4.69, 9.17) is 49.2 Å². The van der Waals surface area contributed by atoms with Gasteiger partial charge in [-0.05, 0) is 0 Å². The highest BCUT2D eigenvalue weighted by molar-refractivity contribution is 7.81. The zero-order valence-corrected chi connectivity index (χ0v) is 35.9. The normalized spacial score (nSPS) is 41.1. The van der Waals surface area contributed by atoms with Crippen LogP contribution in [0.4, 0.5) is 0 Å². The van der Waals surface area contributed by atoms with Gasteiger partial charge in [0.25, 0.3) is 0 Å². The van der Waals surface area contributed by atoms with Crippen molar-refractivity contribution in [1.82, 2.24) is 0 Å². The summed E-state index contributed by atoms with van der Waals surface area (Å²) in [5, 5.41) is 63.9. The van der Waals surface area contributed by atoms with Crippen LogP contribution in [0.25, 0.3) is 0 Å². The number of aliphatic hydroxyl groups is 6. The van der Waals surface area contributed by atoms with Gasteiger partial charge in [-0.2, -0.15) is 33.7 Å². The summed E-state index contributed by atoms with van der Waals surface area (Å²) in [7, 11) is -20.8. The van der Waals surface area contributed by atoms with Gasteiger partial charge in [0.2, 0.25) is 0 Å². The lowest BCUT2D eigenvalue weighted by molar-refractivity contribution is -0.366. The molecule has 0 unspecified atom stereocenters. The van der Waals surface area contributed by atoms with Gasteiger partial charge in [0.1, 0.15) is 67.1 Å². The predicted molar refractivity (Wildman–Crippen MR) is 189 cm³/mol. The Balaban J connectivity index is 1.76. The van der Waals surface area contributed by atoms with Gasteiger partial charge >= 0.3 is 53.5 Å². The van der Waals surface area contributed by atoms with Crippen molar-refractivity contribution in [3.63, 3.8) is 0 Å². The second kappa shape index (κ2) is 21.6. The Morgan fingerprint density at radius 3 is 1.45 bits per heavy atom. The van der Waals surface area contributed by atoms with E-state index >= 15 is 0 Å². The quantitative estimate of drug-likeness (QED) is 0.0448. The number of nitrogens with two attached hydrogens (primary N) is 2. The lowest BCUT2D eigenvalue weighted by Crippen LogP contribution is -2.70. The van der Waals surface area contributed by atoms with Crippen LogP contribution in [-0.2, 0) is 111 Å². The van der Waals surface area contributed by atoms with Gasteiger partial charge in [0.05, 0.1) is 39.5 Å². The molecule has 0 aromatic heterocycles. The van der Waals surface area contributed by atoms with Crippen LogP contribution in [-0.4, -0.2) is 245 Å². The summed E-state index contributed by atoms with van der Waals surface area (Å²) in [5.41, 5.74) is 11.9. The molecular formula is C26H44N2O33S4. The van der Waals surface area contributed by atoms with Crippen molar-refractivity contribution in [2.75, 3.05) is 27.4 Å². The number of hydrogen-bond donors (Lipinski definition) is 12. The van der Waals surface area contributed by atoms with E-state index in [1.807, 2.05) is 0 Å². The van der Waals surface area contributed by atoms with Crippen molar-refractivity contribution < 1.29 is 151 Å². The average molecular weight is 1040 g/mol. The van der Waals surface area contributed by atoms with Gasteiger partial charge < -0.3 is 84.7 Å². The van der Waals surface area contributed by atoms with Crippen molar-refractivity contribution in [1.29, 1.82) is 0 Å². The van der Waals surface area contributed by atoms with Crippen molar-refractivity contribution in [3.8, 4) is 0 Å². The van der Waals surface area contributed by atoms with Crippen LogP contribution in [0.5, 0.6) is 0 Å². The molecule has 39 heteroatoms. The number of carbonyl (C=O) groups excluding carboxylic acids is 2. The molecule has 0 amide bonds. The molecular weight excluding hydrogens is 997 g/mol. The largest absolute Gasteiger partial charge is 0.467 e. The average Bonchev–Trinajstić information content (AvgIpc) is 3.19. The third kappa shape index (κ3) is 14.4. The highest BCUT2D eigenvalue weighted by Crippen LogP contribution is 2.36. The predicted octanol–water partition coefficient (Wildman–Crippen LogP) is -10.1. The first-order chi connectivity index (χ1) is 29.8. The molecule has 0 aliphatic carbocycles. The maximum absolute atomic E-state index is 13.2. The molecule has 20 atom stereocenters. The van der Waals surface area contributed by atoms with E-state index in [1.54, 1.807) is 0 Å². The fourth-order valence-electron chi connectivity index (χ4n) is 6.54. The maximum Gasteiger partial charge on any atom is 0.397 e. The van der Waals surface area contributed by atoms with Crippen LogP contribution in [0, 0.1) is 0 Å². The molecule has 0 spiro atoms. The summed E-state index contributed by atoms with van der Waals surface area (Å²) < 4.78 is 197. The summed E-state index contributed by atoms with van der Waals surface area (Å²) in [5.74, 6) is -2.98. The maximum atomic E-state index is 13.2. The van der Waals surface area contributed by atoms with Gasteiger partial charge in [-0.1, -0.05) is 0 Å². The Morgan fingerprint density at radius 2 is 0.938 bits per heavy atom. The highest BCUT2D eigenvalue weighted by atomic mass is 32.3. The molecule has 14 N–H and O–H groups in total.